The number of nitrogens with two attached hydrogens (primary N) is 1. The van der Waals surface area contributed by atoms with Crippen molar-refractivity contribution >= 4 is 27.7 Å². The number of nitrogens with one attached hydrogen (secondary N) is 1. The fourth-order valence-corrected chi connectivity index (χ4v) is 3.00. The van der Waals surface area contributed by atoms with Crippen LogP contribution in [0.25, 0.3) is 0 Å². The summed E-state index contributed by atoms with van der Waals surface area (Å²) in [7, 11) is 0. The number of amides is 1. The zero-order valence-electron chi connectivity index (χ0n) is 11.9. The van der Waals surface area contributed by atoms with Crippen molar-refractivity contribution in [2.75, 3.05) is 11.9 Å². The number of pyridine rings is 1. The van der Waals surface area contributed by atoms with Crippen LogP contribution in [0.4, 0.5) is 5.82 Å². The van der Waals surface area contributed by atoms with E-state index >= 15 is 0 Å². The Kier molecular flexibility index (Phi) is 5.16. The summed E-state index contributed by atoms with van der Waals surface area (Å²) < 4.78 is 0.943. The quantitative estimate of drug-likeness (QED) is 0.829. The Bertz CT molecular complexity index is 482. The van der Waals surface area contributed by atoms with Crippen molar-refractivity contribution in [2.24, 2.45) is 11.1 Å². The van der Waals surface area contributed by atoms with E-state index in [-0.39, 0.29) is 5.91 Å². The fourth-order valence-electron chi connectivity index (χ4n) is 2.79. The van der Waals surface area contributed by atoms with Gasteiger partial charge in [-0.15, -0.1) is 0 Å². The molecule has 1 saturated carbocycles. The lowest BCUT2D eigenvalue weighted by atomic mass is 9.79. The van der Waals surface area contributed by atoms with E-state index in [9.17, 15) is 4.79 Å². The van der Waals surface area contributed by atoms with Gasteiger partial charge in [-0.25, -0.2) is 4.98 Å². The maximum absolute atomic E-state index is 12.6. The van der Waals surface area contributed by atoms with E-state index in [1.54, 1.807) is 6.20 Å². The maximum atomic E-state index is 12.6. The molecule has 1 heterocycles. The third kappa shape index (κ3) is 3.38. The summed E-state index contributed by atoms with van der Waals surface area (Å²) in [5.41, 5.74) is 6.56. The second-order valence-corrected chi connectivity index (χ2v) is 6.53. The molecular weight excluding hydrogens is 318 g/mol. The molecule has 1 aromatic rings. The van der Waals surface area contributed by atoms with Crippen LogP contribution in [0.3, 0.4) is 0 Å². The van der Waals surface area contributed by atoms with Crippen molar-refractivity contribution in [1.82, 2.24) is 4.98 Å². The van der Waals surface area contributed by atoms with E-state index in [0.717, 1.165) is 35.7 Å². The molecule has 0 unspecified atom stereocenters. The molecule has 3 N–H and O–H groups in total. The SMILES string of the molecule is Cc1cc(NC(=O)C2(CN)CCCCCC2)ncc1Br. The highest BCUT2D eigenvalue weighted by atomic mass is 79.9. The maximum Gasteiger partial charge on any atom is 0.233 e. The number of hydrogen-bond donors (Lipinski definition) is 2. The van der Waals surface area contributed by atoms with E-state index < -0.39 is 5.41 Å². The molecule has 0 atom stereocenters. The first-order valence-electron chi connectivity index (χ1n) is 7.21. The van der Waals surface area contributed by atoms with Gasteiger partial charge in [-0.3, -0.25) is 4.79 Å². The standard InChI is InChI=1S/C15H22BrN3O/c1-11-8-13(18-9-12(11)16)19-14(20)15(10-17)6-4-2-3-5-7-15/h8-9H,2-7,10,17H2,1H3,(H,18,19,20). The van der Waals surface area contributed by atoms with Gasteiger partial charge >= 0.3 is 0 Å². The number of anilines is 1. The first-order valence-corrected chi connectivity index (χ1v) is 8.00. The summed E-state index contributed by atoms with van der Waals surface area (Å²) in [4.78, 5) is 16.9. The molecule has 5 heteroatoms. The van der Waals surface area contributed by atoms with E-state index in [1.165, 1.54) is 12.8 Å². The summed E-state index contributed by atoms with van der Waals surface area (Å²) in [6.45, 7) is 2.39. The van der Waals surface area contributed by atoms with Gasteiger partial charge in [0.2, 0.25) is 5.91 Å². The zero-order valence-corrected chi connectivity index (χ0v) is 13.5. The Labute approximate surface area is 128 Å². The third-order valence-corrected chi connectivity index (χ3v) is 5.05. The molecule has 0 saturated heterocycles. The lowest BCUT2D eigenvalue weighted by molar-refractivity contribution is -0.125. The Morgan fingerprint density at radius 1 is 1.40 bits per heavy atom. The molecule has 0 bridgehead atoms. The topological polar surface area (TPSA) is 68.0 Å². The molecule has 1 aliphatic carbocycles. The number of carbonyl (C=O) groups excluding carboxylic acids is 1. The molecule has 1 aliphatic rings. The van der Waals surface area contributed by atoms with Crippen LogP contribution in [-0.4, -0.2) is 17.4 Å². The highest BCUT2D eigenvalue weighted by molar-refractivity contribution is 9.10. The van der Waals surface area contributed by atoms with Crippen molar-refractivity contribution < 1.29 is 4.79 Å². The number of aromatic nitrogens is 1. The molecule has 0 spiro atoms. The third-order valence-electron chi connectivity index (χ3n) is 4.22. The molecular formula is C15H22BrN3O. The number of carbonyl (C=O) groups is 1. The highest BCUT2D eigenvalue weighted by Gasteiger charge is 2.37. The van der Waals surface area contributed by atoms with Crippen LogP contribution in [0.5, 0.6) is 0 Å². The molecule has 1 fully saturated rings. The van der Waals surface area contributed by atoms with Crippen LogP contribution in [0, 0.1) is 12.3 Å². The summed E-state index contributed by atoms with van der Waals surface area (Å²) in [5.74, 6) is 0.629. The van der Waals surface area contributed by atoms with Crippen LogP contribution < -0.4 is 11.1 Å². The molecule has 1 amide bonds. The minimum atomic E-state index is -0.418. The lowest BCUT2D eigenvalue weighted by Gasteiger charge is -2.29. The van der Waals surface area contributed by atoms with Gasteiger partial charge in [-0.2, -0.15) is 0 Å². The van der Waals surface area contributed by atoms with Crippen molar-refractivity contribution in [2.45, 2.75) is 45.4 Å². The van der Waals surface area contributed by atoms with E-state index in [4.69, 9.17) is 5.73 Å². The normalized spacial score (nSPS) is 18.4. The summed E-state index contributed by atoms with van der Waals surface area (Å²) >= 11 is 3.41. The molecule has 20 heavy (non-hydrogen) atoms. The van der Waals surface area contributed by atoms with Crippen LogP contribution in [-0.2, 0) is 4.79 Å². The second-order valence-electron chi connectivity index (χ2n) is 5.67. The zero-order chi connectivity index (χ0) is 14.6. The number of nitrogens with zero attached hydrogens (tertiary/aromatic N) is 1. The van der Waals surface area contributed by atoms with E-state index in [1.807, 2.05) is 13.0 Å². The van der Waals surface area contributed by atoms with Crippen LogP contribution in [0.1, 0.15) is 44.1 Å². The van der Waals surface area contributed by atoms with Gasteiger partial charge < -0.3 is 11.1 Å². The Morgan fingerprint density at radius 3 is 2.60 bits per heavy atom. The number of rotatable bonds is 3. The predicted octanol–water partition coefficient (Wildman–Crippen LogP) is 3.39. The van der Waals surface area contributed by atoms with Crippen molar-refractivity contribution in [1.29, 1.82) is 0 Å². The van der Waals surface area contributed by atoms with Gasteiger partial charge in [0.25, 0.3) is 0 Å². The molecule has 1 aromatic heterocycles. The molecule has 4 nitrogen and oxygen atoms in total. The molecule has 110 valence electrons. The smallest absolute Gasteiger partial charge is 0.233 e. The summed E-state index contributed by atoms with van der Waals surface area (Å²) in [6, 6.07) is 1.88. The molecule has 0 aliphatic heterocycles. The largest absolute Gasteiger partial charge is 0.329 e. The lowest BCUT2D eigenvalue weighted by Crippen LogP contribution is -2.42. The molecule has 0 aromatic carbocycles. The van der Waals surface area contributed by atoms with Gasteiger partial charge in [0.15, 0.2) is 0 Å². The Balaban J connectivity index is 2.14. The minimum absolute atomic E-state index is 0.0242. The van der Waals surface area contributed by atoms with E-state index in [2.05, 4.69) is 26.2 Å². The van der Waals surface area contributed by atoms with Crippen LogP contribution in [0.15, 0.2) is 16.7 Å². The predicted molar refractivity (Wildman–Crippen MR) is 84.5 cm³/mol. The van der Waals surface area contributed by atoms with Gasteiger partial charge in [-0.05, 0) is 47.3 Å². The van der Waals surface area contributed by atoms with Crippen molar-refractivity contribution in [3.8, 4) is 0 Å². The highest BCUT2D eigenvalue weighted by Crippen LogP contribution is 2.35. The second kappa shape index (κ2) is 6.68. The number of halogens is 1. The molecule has 2 rings (SSSR count). The fraction of sp³-hybridized carbons (Fsp3) is 0.600. The number of aryl methyl sites for hydroxylation is 1. The summed E-state index contributed by atoms with van der Waals surface area (Å²) in [5, 5.41) is 2.95. The van der Waals surface area contributed by atoms with E-state index in [0.29, 0.717) is 12.4 Å². The molecule has 0 radical (unpaired) electrons. The Morgan fingerprint density at radius 2 is 2.05 bits per heavy atom. The average Bonchev–Trinajstić information content (AvgIpc) is 2.69. The monoisotopic (exact) mass is 339 g/mol. The average molecular weight is 340 g/mol. The van der Waals surface area contributed by atoms with Crippen LogP contribution in [0.2, 0.25) is 0 Å². The van der Waals surface area contributed by atoms with Crippen molar-refractivity contribution in [3.05, 3.63) is 22.3 Å². The van der Waals surface area contributed by atoms with Gasteiger partial charge in [0, 0.05) is 17.2 Å². The Hall–Kier alpha value is -0.940. The van der Waals surface area contributed by atoms with Crippen LogP contribution >= 0.6 is 15.9 Å². The number of hydrogen-bond acceptors (Lipinski definition) is 3. The van der Waals surface area contributed by atoms with Gasteiger partial charge in [0.05, 0.1) is 5.41 Å². The van der Waals surface area contributed by atoms with Crippen molar-refractivity contribution in [3.63, 3.8) is 0 Å². The first kappa shape index (κ1) is 15.4. The van der Waals surface area contributed by atoms with Gasteiger partial charge in [0.1, 0.15) is 5.82 Å². The van der Waals surface area contributed by atoms with Gasteiger partial charge in [-0.1, -0.05) is 25.7 Å². The first-order chi connectivity index (χ1) is 9.57. The minimum Gasteiger partial charge on any atom is -0.329 e. The summed E-state index contributed by atoms with van der Waals surface area (Å²) in [6.07, 6.45) is 8.03.